The highest BCUT2D eigenvalue weighted by molar-refractivity contribution is 7.85. The Kier molecular flexibility index (Phi) is 5.25. The molecular weight excluding hydrogens is 263 g/mol. The second kappa shape index (κ2) is 6.94. The van der Waals surface area contributed by atoms with E-state index in [2.05, 4.69) is 0 Å². The van der Waals surface area contributed by atoms with Gasteiger partial charge >= 0.3 is 0 Å². The molecule has 1 saturated carbocycles. The minimum absolute atomic E-state index is 0.0517. The Morgan fingerprint density at radius 1 is 1.16 bits per heavy atom. The van der Waals surface area contributed by atoms with Gasteiger partial charge < -0.3 is 0 Å². The predicted octanol–water partition coefficient (Wildman–Crippen LogP) is 3.48. The second-order valence-electron chi connectivity index (χ2n) is 5.02. The van der Waals surface area contributed by atoms with Crippen molar-refractivity contribution >= 4 is 16.6 Å². The molecule has 1 atom stereocenters. The first-order valence-electron chi connectivity index (χ1n) is 6.83. The zero-order chi connectivity index (χ0) is 13.7. The van der Waals surface area contributed by atoms with Crippen LogP contribution in [-0.2, 0) is 10.8 Å². The van der Waals surface area contributed by atoms with Gasteiger partial charge in [0.15, 0.2) is 5.78 Å². The number of carbonyl (C=O) groups is 1. The maximum atomic E-state index is 12.7. The van der Waals surface area contributed by atoms with Crippen LogP contribution in [0.4, 0.5) is 4.39 Å². The van der Waals surface area contributed by atoms with Gasteiger partial charge in [0.05, 0.1) is 0 Å². The predicted molar refractivity (Wildman–Crippen MR) is 75.2 cm³/mol. The van der Waals surface area contributed by atoms with E-state index >= 15 is 0 Å². The lowest BCUT2D eigenvalue weighted by Crippen LogP contribution is -2.22. The highest BCUT2D eigenvalue weighted by Crippen LogP contribution is 2.22. The number of Topliss-reactive ketones (excluding diaryl/α,β-unsaturated/α-hetero) is 1. The summed E-state index contributed by atoms with van der Waals surface area (Å²) in [6.07, 6.45) is 5.89. The van der Waals surface area contributed by atoms with Crippen molar-refractivity contribution in [3.8, 4) is 0 Å². The summed E-state index contributed by atoms with van der Waals surface area (Å²) in [5.41, 5.74) is 0.502. The molecule has 104 valence electrons. The molecule has 1 aromatic rings. The number of hydrogen-bond acceptors (Lipinski definition) is 2. The van der Waals surface area contributed by atoms with Gasteiger partial charge in [-0.3, -0.25) is 9.00 Å². The number of rotatable bonds is 5. The molecule has 0 bridgehead atoms. The summed E-state index contributed by atoms with van der Waals surface area (Å²) in [4.78, 5) is 11.9. The largest absolute Gasteiger partial charge is 0.294 e. The standard InChI is InChI=1S/C15H19FO2S/c16-13-8-6-12(7-9-13)15(17)10-11-19(18)14-4-2-1-3-5-14/h6-9,14H,1-5,10-11H2. The molecule has 0 radical (unpaired) electrons. The van der Waals surface area contributed by atoms with Gasteiger partial charge in [0.25, 0.3) is 0 Å². The molecule has 19 heavy (non-hydrogen) atoms. The molecule has 0 amide bonds. The lowest BCUT2D eigenvalue weighted by molar-refractivity contribution is 0.0989. The van der Waals surface area contributed by atoms with E-state index in [0.29, 0.717) is 11.3 Å². The summed E-state index contributed by atoms with van der Waals surface area (Å²) >= 11 is 0. The van der Waals surface area contributed by atoms with E-state index < -0.39 is 10.8 Å². The lowest BCUT2D eigenvalue weighted by atomic mass is 10.0. The molecule has 1 aliphatic rings. The zero-order valence-corrected chi connectivity index (χ0v) is 11.8. The summed E-state index contributed by atoms with van der Waals surface area (Å²) in [6.45, 7) is 0. The van der Waals surface area contributed by atoms with Crippen LogP contribution in [-0.4, -0.2) is 21.0 Å². The molecule has 1 aliphatic carbocycles. The van der Waals surface area contributed by atoms with E-state index in [1.807, 2.05) is 0 Å². The molecular formula is C15H19FO2S. The van der Waals surface area contributed by atoms with Crippen LogP contribution < -0.4 is 0 Å². The Bertz CT molecular complexity index is 450. The molecule has 2 rings (SSSR count). The maximum absolute atomic E-state index is 12.7. The number of benzene rings is 1. The Hall–Kier alpha value is -1.03. The number of halogens is 1. The molecule has 0 saturated heterocycles. The fourth-order valence-electron chi connectivity index (χ4n) is 2.47. The molecule has 0 aliphatic heterocycles. The van der Waals surface area contributed by atoms with Crippen LogP contribution in [0, 0.1) is 5.82 Å². The van der Waals surface area contributed by atoms with Gasteiger partial charge in [0.2, 0.25) is 0 Å². The third-order valence-electron chi connectivity index (χ3n) is 3.62. The van der Waals surface area contributed by atoms with Crippen molar-refractivity contribution in [1.29, 1.82) is 0 Å². The smallest absolute Gasteiger partial charge is 0.163 e. The van der Waals surface area contributed by atoms with E-state index in [1.165, 1.54) is 30.7 Å². The molecule has 0 heterocycles. The van der Waals surface area contributed by atoms with Crippen molar-refractivity contribution < 1.29 is 13.4 Å². The van der Waals surface area contributed by atoms with Crippen molar-refractivity contribution in [2.45, 2.75) is 43.8 Å². The van der Waals surface area contributed by atoms with Crippen LogP contribution >= 0.6 is 0 Å². The molecule has 1 aromatic carbocycles. The first kappa shape index (κ1) is 14.4. The lowest BCUT2D eigenvalue weighted by Gasteiger charge is -2.20. The number of hydrogen-bond donors (Lipinski definition) is 0. The van der Waals surface area contributed by atoms with Gasteiger partial charge in [-0.05, 0) is 37.1 Å². The topological polar surface area (TPSA) is 34.1 Å². The van der Waals surface area contributed by atoms with Crippen LogP contribution in [0.2, 0.25) is 0 Å². The monoisotopic (exact) mass is 282 g/mol. The van der Waals surface area contributed by atoms with Crippen LogP contribution in [0.15, 0.2) is 24.3 Å². The van der Waals surface area contributed by atoms with Crippen molar-refractivity contribution in [3.63, 3.8) is 0 Å². The van der Waals surface area contributed by atoms with Gasteiger partial charge in [-0.15, -0.1) is 0 Å². The summed E-state index contributed by atoms with van der Waals surface area (Å²) in [7, 11) is -0.900. The van der Waals surface area contributed by atoms with E-state index in [9.17, 15) is 13.4 Å². The molecule has 2 nitrogen and oxygen atoms in total. The molecule has 0 spiro atoms. The van der Waals surface area contributed by atoms with Crippen LogP contribution in [0.1, 0.15) is 48.9 Å². The molecule has 1 unspecified atom stereocenters. The van der Waals surface area contributed by atoms with Gasteiger partial charge in [-0.2, -0.15) is 0 Å². The summed E-state index contributed by atoms with van der Waals surface area (Å²) in [5.74, 6) is 0.0347. The fourth-order valence-corrected chi connectivity index (χ4v) is 4.05. The fraction of sp³-hybridized carbons (Fsp3) is 0.533. The van der Waals surface area contributed by atoms with E-state index in [-0.39, 0.29) is 23.3 Å². The van der Waals surface area contributed by atoms with Gasteiger partial charge in [0, 0.05) is 33.8 Å². The Morgan fingerprint density at radius 3 is 2.42 bits per heavy atom. The maximum Gasteiger partial charge on any atom is 0.163 e. The summed E-state index contributed by atoms with van der Waals surface area (Å²) in [5, 5.41) is 0.273. The van der Waals surface area contributed by atoms with Crippen molar-refractivity contribution in [3.05, 3.63) is 35.6 Å². The van der Waals surface area contributed by atoms with Gasteiger partial charge in [-0.1, -0.05) is 19.3 Å². The highest BCUT2D eigenvalue weighted by atomic mass is 32.2. The van der Waals surface area contributed by atoms with E-state index in [4.69, 9.17) is 0 Å². The van der Waals surface area contributed by atoms with E-state index in [1.54, 1.807) is 0 Å². The Balaban J connectivity index is 1.82. The first-order chi connectivity index (χ1) is 9.16. The van der Waals surface area contributed by atoms with Crippen LogP contribution in [0.5, 0.6) is 0 Å². The minimum Gasteiger partial charge on any atom is -0.294 e. The molecule has 0 aromatic heterocycles. The highest BCUT2D eigenvalue weighted by Gasteiger charge is 2.20. The average molecular weight is 282 g/mol. The van der Waals surface area contributed by atoms with Crippen LogP contribution in [0.3, 0.4) is 0 Å². The third kappa shape index (κ3) is 4.23. The van der Waals surface area contributed by atoms with Crippen molar-refractivity contribution in [2.24, 2.45) is 0 Å². The molecule has 0 N–H and O–H groups in total. The zero-order valence-electron chi connectivity index (χ0n) is 10.9. The average Bonchev–Trinajstić information content (AvgIpc) is 2.46. The minimum atomic E-state index is -0.900. The first-order valence-corrected chi connectivity index (χ1v) is 8.21. The normalized spacial score (nSPS) is 18.2. The van der Waals surface area contributed by atoms with Gasteiger partial charge in [0.1, 0.15) is 5.82 Å². The van der Waals surface area contributed by atoms with Crippen molar-refractivity contribution in [1.82, 2.24) is 0 Å². The number of ketones is 1. The number of carbonyl (C=O) groups excluding carboxylic acids is 1. The summed E-state index contributed by atoms with van der Waals surface area (Å²) < 4.78 is 24.8. The Morgan fingerprint density at radius 2 is 1.79 bits per heavy atom. The third-order valence-corrected chi connectivity index (χ3v) is 5.44. The van der Waals surface area contributed by atoms with E-state index in [0.717, 1.165) is 25.7 Å². The second-order valence-corrected chi connectivity index (χ2v) is 6.86. The quantitative estimate of drug-likeness (QED) is 0.775. The SMILES string of the molecule is O=C(CCS(=O)C1CCCCC1)c1ccc(F)cc1. The molecule has 4 heteroatoms. The summed E-state index contributed by atoms with van der Waals surface area (Å²) in [6, 6.07) is 5.54. The van der Waals surface area contributed by atoms with Crippen molar-refractivity contribution in [2.75, 3.05) is 5.75 Å². The molecule has 1 fully saturated rings. The van der Waals surface area contributed by atoms with Crippen LogP contribution in [0.25, 0.3) is 0 Å². The Labute approximate surface area is 115 Å². The van der Waals surface area contributed by atoms with Gasteiger partial charge in [-0.25, -0.2) is 4.39 Å².